The van der Waals surface area contributed by atoms with E-state index in [9.17, 15) is 10.2 Å². The first-order valence-corrected chi connectivity index (χ1v) is 5.43. The van der Waals surface area contributed by atoms with Gasteiger partial charge in [-0.2, -0.15) is 0 Å². The van der Waals surface area contributed by atoms with Crippen LogP contribution in [-0.4, -0.2) is 10.2 Å². The number of phenols is 2. The zero-order valence-corrected chi connectivity index (χ0v) is 9.69. The second kappa shape index (κ2) is 4.97. The number of aromatic hydroxyl groups is 2. The smallest absolute Gasteiger partial charge is 0.177 e. The van der Waals surface area contributed by atoms with Gasteiger partial charge in [-0.1, -0.05) is 41.9 Å². The Bertz CT molecular complexity index is 512. The minimum Gasteiger partial charge on any atom is -0.508 e. The van der Waals surface area contributed by atoms with Gasteiger partial charge in [0.15, 0.2) is 11.5 Å². The summed E-state index contributed by atoms with van der Waals surface area (Å²) in [7, 11) is 0. The number of ether oxygens (including phenoxy) is 1. The minimum absolute atomic E-state index is 0.0455. The first-order valence-electron chi connectivity index (χ1n) is 5.05. The Balaban J connectivity index is 2.14. The van der Waals surface area contributed by atoms with Crippen molar-refractivity contribution in [3.05, 3.63) is 53.1 Å². The molecule has 0 aliphatic carbocycles. The van der Waals surface area contributed by atoms with Crippen LogP contribution in [0.1, 0.15) is 5.56 Å². The largest absolute Gasteiger partial charge is 0.508 e. The average molecular weight is 251 g/mol. The third-order valence-corrected chi connectivity index (χ3v) is 2.54. The first kappa shape index (κ1) is 11.6. The summed E-state index contributed by atoms with van der Waals surface area (Å²) in [5.41, 5.74) is 0.964. The maximum Gasteiger partial charge on any atom is 0.177 e. The Hall–Kier alpha value is -1.87. The molecule has 0 heterocycles. The molecule has 0 atom stereocenters. The van der Waals surface area contributed by atoms with E-state index < -0.39 is 0 Å². The molecule has 0 unspecified atom stereocenters. The molecular weight excluding hydrogens is 240 g/mol. The quantitative estimate of drug-likeness (QED) is 0.822. The average Bonchev–Trinajstić information content (AvgIpc) is 2.33. The minimum atomic E-state index is -0.166. The molecule has 88 valence electrons. The molecule has 0 saturated carbocycles. The molecule has 3 nitrogen and oxygen atoms in total. The number of halogens is 1. The summed E-state index contributed by atoms with van der Waals surface area (Å²) >= 11 is 5.71. The molecule has 0 aliphatic heterocycles. The Kier molecular flexibility index (Phi) is 3.40. The van der Waals surface area contributed by atoms with Gasteiger partial charge in [0, 0.05) is 12.1 Å². The van der Waals surface area contributed by atoms with E-state index in [1.165, 1.54) is 12.1 Å². The number of phenolic OH excluding ortho intramolecular Hbond substituents is 2. The molecule has 4 heteroatoms. The fraction of sp³-hybridized carbons (Fsp3) is 0.0769. The fourth-order valence-corrected chi connectivity index (χ4v) is 1.61. The zero-order valence-electron chi connectivity index (χ0n) is 8.93. The van der Waals surface area contributed by atoms with Gasteiger partial charge in [-0.3, -0.25) is 0 Å². The van der Waals surface area contributed by atoms with Crippen molar-refractivity contribution in [3.8, 4) is 17.2 Å². The molecule has 0 spiro atoms. The maximum absolute atomic E-state index is 9.63. The second-order valence-corrected chi connectivity index (χ2v) is 3.96. The lowest BCUT2D eigenvalue weighted by molar-refractivity contribution is 0.287. The van der Waals surface area contributed by atoms with Crippen molar-refractivity contribution in [2.75, 3.05) is 0 Å². The highest BCUT2D eigenvalue weighted by molar-refractivity contribution is 6.32. The van der Waals surface area contributed by atoms with Crippen LogP contribution < -0.4 is 4.74 Å². The summed E-state index contributed by atoms with van der Waals surface area (Å²) < 4.78 is 5.39. The monoisotopic (exact) mass is 250 g/mol. The lowest BCUT2D eigenvalue weighted by atomic mass is 10.2. The fourth-order valence-electron chi connectivity index (χ4n) is 1.41. The van der Waals surface area contributed by atoms with Gasteiger partial charge in [0.25, 0.3) is 0 Å². The van der Waals surface area contributed by atoms with Gasteiger partial charge in [0.1, 0.15) is 12.4 Å². The van der Waals surface area contributed by atoms with Gasteiger partial charge >= 0.3 is 0 Å². The second-order valence-electron chi connectivity index (χ2n) is 3.55. The molecule has 2 N–H and O–H groups in total. The molecule has 0 bridgehead atoms. The van der Waals surface area contributed by atoms with Crippen LogP contribution in [0.15, 0.2) is 42.5 Å². The van der Waals surface area contributed by atoms with E-state index in [-0.39, 0.29) is 22.3 Å². The molecular formula is C13H11ClO3. The highest BCUT2D eigenvalue weighted by Crippen LogP contribution is 2.37. The molecule has 0 radical (unpaired) electrons. The first-order chi connectivity index (χ1) is 8.16. The number of hydrogen-bond donors (Lipinski definition) is 2. The van der Waals surface area contributed by atoms with Crippen LogP contribution in [0.25, 0.3) is 0 Å². The molecule has 2 aromatic carbocycles. The normalized spacial score (nSPS) is 10.2. The van der Waals surface area contributed by atoms with E-state index in [4.69, 9.17) is 16.3 Å². The molecule has 0 aromatic heterocycles. The zero-order chi connectivity index (χ0) is 12.3. The van der Waals surface area contributed by atoms with Gasteiger partial charge in [-0.25, -0.2) is 0 Å². The molecule has 17 heavy (non-hydrogen) atoms. The van der Waals surface area contributed by atoms with Crippen molar-refractivity contribution in [1.82, 2.24) is 0 Å². The lowest BCUT2D eigenvalue weighted by Crippen LogP contribution is -1.95. The van der Waals surface area contributed by atoms with Crippen LogP contribution in [-0.2, 0) is 6.61 Å². The van der Waals surface area contributed by atoms with Gasteiger partial charge in [-0.15, -0.1) is 0 Å². The highest BCUT2D eigenvalue weighted by Gasteiger charge is 2.09. The van der Waals surface area contributed by atoms with Gasteiger partial charge in [0.05, 0.1) is 5.02 Å². The Morgan fingerprint density at radius 1 is 1.06 bits per heavy atom. The van der Waals surface area contributed by atoms with Crippen LogP contribution in [0.4, 0.5) is 0 Å². The highest BCUT2D eigenvalue weighted by atomic mass is 35.5. The van der Waals surface area contributed by atoms with Crippen LogP contribution in [0.3, 0.4) is 0 Å². The summed E-state index contributed by atoms with van der Waals surface area (Å²) in [6.07, 6.45) is 0. The molecule has 2 rings (SSSR count). The van der Waals surface area contributed by atoms with Crippen LogP contribution in [0, 0.1) is 0 Å². The Morgan fingerprint density at radius 3 is 2.47 bits per heavy atom. The third kappa shape index (κ3) is 2.82. The van der Waals surface area contributed by atoms with Gasteiger partial charge in [0.2, 0.25) is 0 Å². The Labute approximate surface area is 104 Å². The number of benzene rings is 2. The predicted octanol–water partition coefficient (Wildman–Crippen LogP) is 3.33. The summed E-state index contributed by atoms with van der Waals surface area (Å²) in [6, 6.07) is 12.1. The lowest BCUT2D eigenvalue weighted by Gasteiger charge is -2.09. The summed E-state index contributed by atoms with van der Waals surface area (Å²) in [5, 5.41) is 19.0. The van der Waals surface area contributed by atoms with Crippen molar-refractivity contribution in [2.45, 2.75) is 6.61 Å². The van der Waals surface area contributed by atoms with E-state index in [2.05, 4.69) is 0 Å². The predicted molar refractivity (Wildman–Crippen MR) is 65.6 cm³/mol. The maximum atomic E-state index is 9.63. The van der Waals surface area contributed by atoms with Crippen molar-refractivity contribution in [1.29, 1.82) is 0 Å². The van der Waals surface area contributed by atoms with Crippen molar-refractivity contribution in [2.24, 2.45) is 0 Å². The topological polar surface area (TPSA) is 49.7 Å². The number of hydrogen-bond acceptors (Lipinski definition) is 3. The van der Waals surface area contributed by atoms with E-state index >= 15 is 0 Å². The number of rotatable bonds is 3. The van der Waals surface area contributed by atoms with Gasteiger partial charge < -0.3 is 14.9 Å². The van der Waals surface area contributed by atoms with Crippen molar-refractivity contribution >= 4 is 11.6 Å². The molecule has 0 saturated heterocycles. The molecule has 0 amide bonds. The van der Waals surface area contributed by atoms with E-state index in [1.807, 2.05) is 30.3 Å². The van der Waals surface area contributed by atoms with Crippen LogP contribution >= 0.6 is 11.6 Å². The van der Waals surface area contributed by atoms with Crippen LogP contribution in [0.2, 0.25) is 5.02 Å². The molecule has 0 fully saturated rings. The Morgan fingerprint density at radius 2 is 1.76 bits per heavy atom. The molecule has 2 aromatic rings. The van der Waals surface area contributed by atoms with Crippen molar-refractivity contribution in [3.63, 3.8) is 0 Å². The summed E-state index contributed by atoms with van der Waals surface area (Å²) in [6.45, 7) is 0.300. The summed E-state index contributed by atoms with van der Waals surface area (Å²) in [5.74, 6) is -0.0462. The molecule has 0 aliphatic rings. The standard InChI is InChI=1S/C13H11ClO3/c14-11-6-10(15)7-12(13(11)16)17-8-9-4-2-1-3-5-9/h1-7,15-16H,8H2. The third-order valence-electron chi connectivity index (χ3n) is 2.25. The van der Waals surface area contributed by atoms with E-state index in [1.54, 1.807) is 0 Å². The SMILES string of the molecule is Oc1cc(Cl)c(O)c(OCc2ccccc2)c1. The van der Waals surface area contributed by atoms with E-state index in [0.29, 0.717) is 6.61 Å². The van der Waals surface area contributed by atoms with E-state index in [0.717, 1.165) is 5.56 Å². The van der Waals surface area contributed by atoms with Crippen LogP contribution in [0.5, 0.6) is 17.2 Å². The summed E-state index contributed by atoms with van der Waals surface area (Å²) in [4.78, 5) is 0. The van der Waals surface area contributed by atoms with Gasteiger partial charge in [-0.05, 0) is 5.56 Å². The van der Waals surface area contributed by atoms with Crippen molar-refractivity contribution < 1.29 is 14.9 Å².